The molecule has 4 heteroatoms. The van der Waals surface area contributed by atoms with E-state index in [2.05, 4.69) is 5.32 Å². The van der Waals surface area contributed by atoms with Gasteiger partial charge in [0.2, 0.25) is 5.91 Å². The Balaban J connectivity index is 2.76. The molecule has 0 saturated carbocycles. The van der Waals surface area contributed by atoms with Crippen LogP contribution in [0.4, 0.5) is 5.69 Å². The first kappa shape index (κ1) is 12.5. The van der Waals surface area contributed by atoms with E-state index >= 15 is 0 Å². The standard InChI is InChI=1S/C12H17NO3/c1-9-4-5-11(13-10(2)14)12(8-9)16-7-6-15-3/h4-5,8H,6-7H2,1-3H3,(H,13,14). The SMILES string of the molecule is COCCOc1cc(C)ccc1NC(C)=O. The molecule has 0 aliphatic carbocycles. The maximum Gasteiger partial charge on any atom is 0.221 e. The molecular formula is C12H17NO3. The molecule has 0 aliphatic rings. The summed E-state index contributed by atoms with van der Waals surface area (Å²) < 4.78 is 10.4. The highest BCUT2D eigenvalue weighted by Crippen LogP contribution is 2.25. The number of amides is 1. The molecule has 4 nitrogen and oxygen atoms in total. The van der Waals surface area contributed by atoms with Crippen LogP contribution in [0.3, 0.4) is 0 Å². The lowest BCUT2D eigenvalue weighted by atomic mass is 10.2. The molecule has 0 aliphatic heterocycles. The van der Waals surface area contributed by atoms with E-state index in [0.29, 0.717) is 24.7 Å². The first-order chi connectivity index (χ1) is 7.63. The molecule has 0 fully saturated rings. The molecule has 16 heavy (non-hydrogen) atoms. The largest absolute Gasteiger partial charge is 0.489 e. The Labute approximate surface area is 95.6 Å². The molecule has 0 aromatic heterocycles. The van der Waals surface area contributed by atoms with Gasteiger partial charge in [0.25, 0.3) is 0 Å². The van der Waals surface area contributed by atoms with Gasteiger partial charge in [-0.25, -0.2) is 0 Å². The van der Waals surface area contributed by atoms with E-state index in [9.17, 15) is 4.79 Å². The lowest BCUT2D eigenvalue weighted by molar-refractivity contribution is -0.114. The second-order valence-electron chi connectivity index (χ2n) is 3.52. The van der Waals surface area contributed by atoms with Crippen molar-refractivity contribution >= 4 is 11.6 Å². The van der Waals surface area contributed by atoms with Gasteiger partial charge in [0.05, 0.1) is 12.3 Å². The number of aryl methyl sites for hydroxylation is 1. The topological polar surface area (TPSA) is 47.6 Å². The van der Waals surface area contributed by atoms with Crippen LogP contribution in [0.2, 0.25) is 0 Å². The summed E-state index contributed by atoms with van der Waals surface area (Å²) >= 11 is 0. The average molecular weight is 223 g/mol. The van der Waals surface area contributed by atoms with Gasteiger partial charge in [-0.05, 0) is 24.6 Å². The number of benzene rings is 1. The molecular weight excluding hydrogens is 206 g/mol. The van der Waals surface area contributed by atoms with E-state index in [1.165, 1.54) is 6.92 Å². The summed E-state index contributed by atoms with van der Waals surface area (Å²) in [5, 5.41) is 2.72. The van der Waals surface area contributed by atoms with Gasteiger partial charge in [0.1, 0.15) is 12.4 Å². The quantitative estimate of drug-likeness (QED) is 0.776. The predicted molar refractivity (Wildman–Crippen MR) is 62.9 cm³/mol. The fraction of sp³-hybridized carbons (Fsp3) is 0.417. The van der Waals surface area contributed by atoms with E-state index < -0.39 is 0 Å². The van der Waals surface area contributed by atoms with Crippen LogP contribution in [0.25, 0.3) is 0 Å². The number of ether oxygens (including phenoxy) is 2. The molecule has 1 aromatic rings. The first-order valence-corrected chi connectivity index (χ1v) is 5.13. The average Bonchev–Trinajstić information content (AvgIpc) is 2.22. The highest BCUT2D eigenvalue weighted by molar-refractivity contribution is 5.90. The van der Waals surface area contributed by atoms with Crippen molar-refractivity contribution in [3.8, 4) is 5.75 Å². The third kappa shape index (κ3) is 3.90. The fourth-order valence-electron chi connectivity index (χ4n) is 1.28. The normalized spacial score (nSPS) is 9.94. The molecule has 0 bridgehead atoms. The van der Waals surface area contributed by atoms with Crippen LogP contribution in [0.5, 0.6) is 5.75 Å². The number of carbonyl (C=O) groups excluding carboxylic acids is 1. The summed E-state index contributed by atoms with van der Waals surface area (Å²) in [6, 6.07) is 5.65. The van der Waals surface area contributed by atoms with E-state index in [0.717, 1.165) is 5.56 Å². The smallest absolute Gasteiger partial charge is 0.221 e. The lowest BCUT2D eigenvalue weighted by Crippen LogP contribution is -2.10. The van der Waals surface area contributed by atoms with Gasteiger partial charge < -0.3 is 14.8 Å². The molecule has 1 rings (SSSR count). The van der Waals surface area contributed by atoms with Gasteiger partial charge >= 0.3 is 0 Å². The Bertz CT molecular complexity index is 363. The summed E-state index contributed by atoms with van der Waals surface area (Å²) in [5.41, 5.74) is 1.77. The number of rotatable bonds is 5. The van der Waals surface area contributed by atoms with Crippen LogP contribution < -0.4 is 10.1 Å². The van der Waals surface area contributed by atoms with Crippen LogP contribution in [-0.4, -0.2) is 26.2 Å². The van der Waals surface area contributed by atoms with Gasteiger partial charge in [-0.2, -0.15) is 0 Å². The summed E-state index contributed by atoms with van der Waals surface area (Å²) in [5.74, 6) is 0.563. The highest BCUT2D eigenvalue weighted by Gasteiger charge is 2.05. The van der Waals surface area contributed by atoms with E-state index in [1.807, 2.05) is 25.1 Å². The van der Waals surface area contributed by atoms with Crippen molar-refractivity contribution < 1.29 is 14.3 Å². The van der Waals surface area contributed by atoms with Crippen molar-refractivity contribution in [3.05, 3.63) is 23.8 Å². The zero-order chi connectivity index (χ0) is 12.0. The number of hydrogen-bond donors (Lipinski definition) is 1. The minimum absolute atomic E-state index is 0.111. The van der Waals surface area contributed by atoms with Crippen molar-refractivity contribution in [3.63, 3.8) is 0 Å². The molecule has 0 radical (unpaired) electrons. The number of carbonyl (C=O) groups is 1. The first-order valence-electron chi connectivity index (χ1n) is 5.13. The van der Waals surface area contributed by atoms with Crippen molar-refractivity contribution in [1.82, 2.24) is 0 Å². The Hall–Kier alpha value is -1.55. The summed E-state index contributed by atoms with van der Waals surface area (Å²) in [6.07, 6.45) is 0. The van der Waals surface area contributed by atoms with Crippen LogP contribution in [0.15, 0.2) is 18.2 Å². The maximum atomic E-state index is 11.0. The van der Waals surface area contributed by atoms with Crippen molar-refractivity contribution in [2.45, 2.75) is 13.8 Å². The predicted octanol–water partition coefficient (Wildman–Crippen LogP) is 1.98. The summed E-state index contributed by atoms with van der Waals surface area (Å²) in [4.78, 5) is 11.0. The number of hydrogen-bond acceptors (Lipinski definition) is 3. The Morgan fingerprint density at radius 3 is 2.75 bits per heavy atom. The molecule has 0 atom stereocenters. The third-order valence-electron chi connectivity index (χ3n) is 1.99. The second-order valence-corrected chi connectivity index (χ2v) is 3.52. The van der Waals surface area contributed by atoms with Crippen LogP contribution in [-0.2, 0) is 9.53 Å². The number of anilines is 1. The summed E-state index contributed by atoms with van der Waals surface area (Å²) in [7, 11) is 1.62. The minimum atomic E-state index is -0.111. The molecule has 0 spiro atoms. The van der Waals surface area contributed by atoms with Crippen molar-refractivity contribution in [2.75, 3.05) is 25.6 Å². The molecule has 88 valence electrons. The number of methoxy groups -OCH3 is 1. The van der Waals surface area contributed by atoms with Gasteiger partial charge in [0.15, 0.2) is 0 Å². The Morgan fingerprint density at radius 2 is 2.12 bits per heavy atom. The zero-order valence-corrected chi connectivity index (χ0v) is 9.87. The Morgan fingerprint density at radius 1 is 1.38 bits per heavy atom. The van der Waals surface area contributed by atoms with Gasteiger partial charge in [-0.3, -0.25) is 4.79 Å². The van der Waals surface area contributed by atoms with E-state index in [4.69, 9.17) is 9.47 Å². The van der Waals surface area contributed by atoms with Gasteiger partial charge in [0, 0.05) is 14.0 Å². The van der Waals surface area contributed by atoms with Crippen molar-refractivity contribution in [2.24, 2.45) is 0 Å². The van der Waals surface area contributed by atoms with Crippen molar-refractivity contribution in [1.29, 1.82) is 0 Å². The third-order valence-corrected chi connectivity index (χ3v) is 1.99. The summed E-state index contributed by atoms with van der Waals surface area (Å²) in [6.45, 7) is 4.43. The maximum absolute atomic E-state index is 11.0. The van der Waals surface area contributed by atoms with Gasteiger partial charge in [-0.15, -0.1) is 0 Å². The Kier molecular flexibility index (Phi) is 4.79. The highest BCUT2D eigenvalue weighted by atomic mass is 16.5. The molecule has 0 unspecified atom stereocenters. The van der Waals surface area contributed by atoms with Crippen LogP contribution in [0, 0.1) is 6.92 Å². The second kappa shape index (κ2) is 6.12. The van der Waals surface area contributed by atoms with E-state index in [-0.39, 0.29) is 5.91 Å². The van der Waals surface area contributed by atoms with E-state index in [1.54, 1.807) is 7.11 Å². The van der Waals surface area contributed by atoms with Crippen LogP contribution >= 0.6 is 0 Å². The van der Waals surface area contributed by atoms with Gasteiger partial charge in [-0.1, -0.05) is 6.07 Å². The minimum Gasteiger partial charge on any atom is -0.489 e. The molecule has 1 amide bonds. The molecule has 0 heterocycles. The zero-order valence-electron chi connectivity index (χ0n) is 9.87. The number of nitrogens with one attached hydrogen (secondary N) is 1. The molecule has 0 saturated heterocycles. The molecule has 1 N–H and O–H groups in total. The molecule has 1 aromatic carbocycles. The lowest BCUT2D eigenvalue weighted by Gasteiger charge is -2.12. The van der Waals surface area contributed by atoms with Crippen LogP contribution in [0.1, 0.15) is 12.5 Å². The fourth-order valence-corrected chi connectivity index (χ4v) is 1.28. The monoisotopic (exact) mass is 223 g/mol.